The van der Waals surface area contributed by atoms with Gasteiger partial charge in [0.05, 0.1) is 32.6 Å². The maximum absolute atomic E-state index is 13.7. The zero-order valence-electron chi connectivity index (χ0n) is 19.1. The quantitative estimate of drug-likeness (QED) is 0.519. The molecule has 174 valence electrons. The lowest BCUT2D eigenvalue weighted by molar-refractivity contribution is -0.120. The number of imide groups is 1. The van der Waals surface area contributed by atoms with Crippen LogP contribution in [-0.4, -0.2) is 33.1 Å². The predicted molar refractivity (Wildman–Crippen MR) is 127 cm³/mol. The van der Waals surface area contributed by atoms with Gasteiger partial charge in [-0.15, -0.1) is 0 Å². The summed E-state index contributed by atoms with van der Waals surface area (Å²) in [5.41, 5.74) is 2.18. The number of hydrogen-bond acceptors (Lipinski definition) is 6. The number of aryl methyl sites for hydroxylation is 1. The van der Waals surface area contributed by atoms with Crippen LogP contribution in [0.1, 0.15) is 11.1 Å². The van der Waals surface area contributed by atoms with Gasteiger partial charge in [-0.3, -0.25) is 9.59 Å². The molecule has 0 fully saturated rings. The molecule has 0 unspecified atom stereocenters. The zero-order chi connectivity index (χ0) is 24.4. The molecule has 0 spiro atoms. The van der Waals surface area contributed by atoms with E-state index in [2.05, 4.69) is 5.32 Å². The van der Waals surface area contributed by atoms with Crippen LogP contribution in [0.2, 0.25) is 0 Å². The molecule has 0 saturated heterocycles. The van der Waals surface area contributed by atoms with Gasteiger partial charge in [0.15, 0.2) is 0 Å². The molecule has 8 heteroatoms. The van der Waals surface area contributed by atoms with Crippen LogP contribution in [0, 0.1) is 12.7 Å². The van der Waals surface area contributed by atoms with Crippen LogP contribution >= 0.6 is 0 Å². The van der Waals surface area contributed by atoms with E-state index in [9.17, 15) is 14.0 Å². The van der Waals surface area contributed by atoms with Gasteiger partial charge in [-0.2, -0.15) is 0 Å². The highest BCUT2D eigenvalue weighted by Crippen LogP contribution is 2.39. The first-order chi connectivity index (χ1) is 16.4. The van der Waals surface area contributed by atoms with Crippen molar-refractivity contribution in [3.05, 3.63) is 83.3 Å². The number of anilines is 2. The van der Waals surface area contributed by atoms with E-state index in [1.807, 2.05) is 13.0 Å². The fraction of sp³-hybridized carbons (Fsp3) is 0.154. The van der Waals surface area contributed by atoms with E-state index in [0.717, 1.165) is 10.5 Å². The van der Waals surface area contributed by atoms with Crippen LogP contribution in [0.3, 0.4) is 0 Å². The summed E-state index contributed by atoms with van der Waals surface area (Å²) in [6.07, 6.45) is 0. The number of benzene rings is 3. The van der Waals surface area contributed by atoms with Gasteiger partial charge in [0.2, 0.25) is 0 Å². The smallest absolute Gasteiger partial charge is 0.282 e. The molecule has 0 saturated carbocycles. The zero-order valence-corrected chi connectivity index (χ0v) is 19.1. The molecule has 1 aliphatic rings. The van der Waals surface area contributed by atoms with Crippen LogP contribution in [0.25, 0.3) is 5.57 Å². The van der Waals surface area contributed by atoms with E-state index in [0.29, 0.717) is 34.2 Å². The van der Waals surface area contributed by atoms with Crippen molar-refractivity contribution in [3.63, 3.8) is 0 Å². The number of carbonyl (C=O) groups is 2. The number of amides is 2. The molecular weight excluding hydrogens is 439 g/mol. The molecule has 0 atom stereocenters. The van der Waals surface area contributed by atoms with Crippen LogP contribution < -0.4 is 24.4 Å². The third kappa shape index (κ3) is 4.17. The highest BCUT2D eigenvalue weighted by molar-refractivity contribution is 6.46. The topological polar surface area (TPSA) is 77.1 Å². The summed E-state index contributed by atoms with van der Waals surface area (Å²) >= 11 is 0. The third-order valence-corrected chi connectivity index (χ3v) is 5.41. The number of halogens is 1. The van der Waals surface area contributed by atoms with Crippen LogP contribution in [0.5, 0.6) is 17.2 Å². The van der Waals surface area contributed by atoms with Gasteiger partial charge in [0.1, 0.15) is 28.8 Å². The second kappa shape index (κ2) is 9.27. The van der Waals surface area contributed by atoms with Crippen molar-refractivity contribution >= 4 is 28.8 Å². The summed E-state index contributed by atoms with van der Waals surface area (Å²) < 4.78 is 29.6. The van der Waals surface area contributed by atoms with Gasteiger partial charge in [0, 0.05) is 23.9 Å². The van der Waals surface area contributed by atoms with Crippen molar-refractivity contribution in [1.29, 1.82) is 0 Å². The third-order valence-electron chi connectivity index (χ3n) is 5.41. The lowest BCUT2D eigenvalue weighted by Gasteiger charge is -2.19. The van der Waals surface area contributed by atoms with E-state index in [4.69, 9.17) is 14.2 Å². The van der Waals surface area contributed by atoms with E-state index >= 15 is 0 Å². The predicted octanol–water partition coefficient (Wildman–Crippen LogP) is 4.56. The van der Waals surface area contributed by atoms with E-state index in [1.165, 1.54) is 45.6 Å². The van der Waals surface area contributed by atoms with Gasteiger partial charge >= 0.3 is 0 Å². The monoisotopic (exact) mass is 462 g/mol. The number of methoxy groups -OCH3 is 3. The number of carbonyl (C=O) groups excluding carboxylic acids is 2. The molecule has 34 heavy (non-hydrogen) atoms. The van der Waals surface area contributed by atoms with Gasteiger partial charge in [0.25, 0.3) is 11.8 Å². The summed E-state index contributed by atoms with van der Waals surface area (Å²) in [5.74, 6) is -0.215. The van der Waals surface area contributed by atoms with Crippen LogP contribution in [-0.2, 0) is 9.59 Å². The Balaban J connectivity index is 1.86. The van der Waals surface area contributed by atoms with Crippen molar-refractivity contribution in [2.75, 3.05) is 31.5 Å². The van der Waals surface area contributed by atoms with Crippen molar-refractivity contribution in [2.45, 2.75) is 6.92 Å². The molecular formula is C26H23FN2O5. The summed E-state index contributed by atoms with van der Waals surface area (Å²) in [5, 5.41) is 3.06. The first-order valence-electron chi connectivity index (χ1n) is 10.4. The van der Waals surface area contributed by atoms with Crippen molar-refractivity contribution < 1.29 is 28.2 Å². The molecule has 3 aromatic rings. The average molecular weight is 462 g/mol. The Morgan fingerprint density at radius 2 is 1.44 bits per heavy atom. The number of ether oxygens (including phenoxy) is 3. The molecule has 3 aromatic carbocycles. The summed E-state index contributed by atoms with van der Waals surface area (Å²) in [6.45, 7) is 1.85. The normalized spacial score (nSPS) is 13.4. The average Bonchev–Trinajstić information content (AvgIpc) is 3.08. The Kier molecular flexibility index (Phi) is 6.23. The minimum atomic E-state index is -0.574. The number of rotatable bonds is 7. The SMILES string of the molecule is COc1cc(NC2=C(c3ccc(F)cc3)C(=O)N(c3cc(C)ccc3OC)C2=O)cc(OC)c1. The van der Waals surface area contributed by atoms with Crippen molar-refractivity contribution in [3.8, 4) is 17.2 Å². The van der Waals surface area contributed by atoms with Gasteiger partial charge < -0.3 is 19.5 Å². The summed E-state index contributed by atoms with van der Waals surface area (Å²) in [6, 6.07) is 15.6. The Labute approximate surface area is 196 Å². The molecule has 1 heterocycles. The standard InChI is InChI=1S/C26H23FN2O5/c1-15-5-10-22(34-4)21(11-15)29-25(30)23(16-6-8-17(27)9-7-16)24(26(29)31)28-18-12-19(32-2)14-20(13-18)33-3/h5-14,28H,1-4H3. The van der Waals surface area contributed by atoms with Gasteiger partial charge in [-0.25, -0.2) is 9.29 Å². The first kappa shape index (κ1) is 22.8. The Morgan fingerprint density at radius 1 is 0.794 bits per heavy atom. The second-order valence-corrected chi connectivity index (χ2v) is 7.60. The number of nitrogens with zero attached hydrogens (tertiary/aromatic N) is 1. The van der Waals surface area contributed by atoms with Crippen molar-refractivity contribution in [1.82, 2.24) is 0 Å². The molecule has 4 rings (SSSR count). The lowest BCUT2D eigenvalue weighted by Crippen LogP contribution is -2.32. The van der Waals surface area contributed by atoms with Crippen LogP contribution in [0.15, 0.2) is 66.4 Å². The molecule has 7 nitrogen and oxygen atoms in total. The summed E-state index contributed by atoms with van der Waals surface area (Å²) in [7, 11) is 4.49. The van der Waals surface area contributed by atoms with E-state index < -0.39 is 17.6 Å². The molecule has 1 aliphatic heterocycles. The fourth-order valence-electron chi connectivity index (χ4n) is 3.75. The van der Waals surface area contributed by atoms with Gasteiger partial charge in [-0.1, -0.05) is 18.2 Å². The van der Waals surface area contributed by atoms with Gasteiger partial charge in [-0.05, 0) is 42.3 Å². The molecule has 0 aromatic heterocycles. The Bertz CT molecular complexity index is 1280. The Hall–Kier alpha value is -4.33. The van der Waals surface area contributed by atoms with E-state index in [1.54, 1.807) is 30.3 Å². The molecule has 0 aliphatic carbocycles. The molecule has 2 amide bonds. The number of hydrogen-bond donors (Lipinski definition) is 1. The molecule has 1 N–H and O–H groups in total. The molecule has 0 bridgehead atoms. The fourth-order valence-corrected chi connectivity index (χ4v) is 3.75. The van der Waals surface area contributed by atoms with Crippen LogP contribution in [0.4, 0.5) is 15.8 Å². The van der Waals surface area contributed by atoms with E-state index in [-0.39, 0.29) is 11.3 Å². The molecule has 0 radical (unpaired) electrons. The maximum Gasteiger partial charge on any atom is 0.282 e. The van der Waals surface area contributed by atoms with Crippen molar-refractivity contribution in [2.24, 2.45) is 0 Å². The Morgan fingerprint density at radius 3 is 2.03 bits per heavy atom. The lowest BCUT2D eigenvalue weighted by atomic mass is 10.0. The largest absolute Gasteiger partial charge is 0.497 e. The highest BCUT2D eigenvalue weighted by atomic mass is 19.1. The number of nitrogens with one attached hydrogen (secondary N) is 1. The highest BCUT2D eigenvalue weighted by Gasteiger charge is 2.41. The minimum Gasteiger partial charge on any atom is -0.497 e. The first-order valence-corrected chi connectivity index (χ1v) is 10.4. The maximum atomic E-state index is 13.7. The minimum absolute atomic E-state index is 0.0375. The summed E-state index contributed by atoms with van der Waals surface area (Å²) in [4.78, 5) is 28.3. The second-order valence-electron chi connectivity index (χ2n) is 7.60.